The van der Waals surface area contributed by atoms with E-state index in [-0.39, 0.29) is 5.97 Å². The molecule has 2 aromatic rings. The van der Waals surface area contributed by atoms with Crippen molar-refractivity contribution in [3.63, 3.8) is 0 Å². The number of para-hydroxylation sites is 1. The molecule has 3 nitrogen and oxygen atoms in total. The first-order chi connectivity index (χ1) is 7.16. The molecule has 0 aliphatic heterocycles. The van der Waals surface area contributed by atoms with Gasteiger partial charge in [-0.05, 0) is 18.6 Å². The molecule has 0 bridgehead atoms. The van der Waals surface area contributed by atoms with Crippen LogP contribution in [0.4, 0.5) is 0 Å². The molecule has 0 N–H and O–H groups in total. The molecule has 1 heterocycles. The van der Waals surface area contributed by atoms with Crippen molar-refractivity contribution in [3.05, 3.63) is 35.5 Å². The minimum absolute atomic E-state index is 0.369. The molecule has 2 rings (SSSR count). The Bertz CT molecular complexity index is 492. The van der Waals surface area contributed by atoms with Crippen LogP contribution in [0, 0.1) is 6.92 Å². The van der Waals surface area contributed by atoms with Crippen LogP contribution >= 0.6 is 16.3 Å². The summed E-state index contributed by atoms with van der Waals surface area (Å²) in [6, 6.07) is 7.88. The molecule has 0 radical (unpaired) electrons. The number of carbonyl (C=O) groups excluding carboxylic acids is 1. The monoisotopic (exact) mass is 267 g/mol. The van der Waals surface area contributed by atoms with E-state index >= 15 is 0 Å². The smallest absolute Gasteiger partial charge is 0.366 e. The maximum absolute atomic E-state index is 11.5. The Hall–Kier alpha value is -1.29. The molecule has 15 heavy (non-hydrogen) atoms. The van der Waals surface area contributed by atoms with Gasteiger partial charge in [-0.25, -0.2) is 4.79 Å². The average molecular weight is 268 g/mol. The summed E-state index contributed by atoms with van der Waals surface area (Å²) in [5.74, 6) is -0.369. The van der Waals surface area contributed by atoms with Crippen molar-refractivity contribution in [1.82, 2.24) is 4.57 Å². The zero-order valence-corrected chi connectivity index (χ0v) is 10.0. The number of carbonyl (C=O) groups is 1. The molecule has 0 saturated heterocycles. The SMILES string of the molecule is Cc1c(C(=O)OBr)n(C)c2ccccc12. The third-order valence-electron chi connectivity index (χ3n) is 2.62. The first kappa shape index (κ1) is 10.2. The molecule has 0 atom stereocenters. The third-order valence-corrected chi connectivity index (χ3v) is 2.92. The van der Waals surface area contributed by atoms with Gasteiger partial charge in [0.2, 0.25) is 0 Å². The number of aryl methyl sites for hydroxylation is 2. The zero-order chi connectivity index (χ0) is 11.0. The second-order valence-electron chi connectivity index (χ2n) is 3.41. The van der Waals surface area contributed by atoms with E-state index in [9.17, 15) is 4.79 Å². The van der Waals surface area contributed by atoms with E-state index in [1.807, 2.05) is 42.8 Å². The summed E-state index contributed by atoms with van der Waals surface area (Å²) >= 11 is 2.71. The van der Waals surface area contributed by atoms with Crippen LogP contribution in [-0.2, 0) is 10.9 Å². The summed E-state index contributed by atoms with van der Waals surface area (Å²) in [6.07, 6.45) is 0. The highest BCUT2D eigenvalue weighted by Crippen LogP contribution is 2.25. The number of aromatic nitrogens is 1. The molecular weight excluding hydrogens is 258 g/mol. The summed E-state index contributed by atoms with van der Waals surface area (Å²) in [4.78, 5) is 11.5. The fourth-order valence-corrected chi connectivity index (χ4v) is 2.06. The quantitative estimate of drug-likeness (QED) is 0.796. The zero-order valence-electron chi connectivity index (χ0n) is 8.45. The minimum atomic E-state index is -0.369. The molecule has 0 fully saturated rings. The summed E-state index contributed by atoms with van der Waals surface area (Å²) < 4.78 is 6.42. The van der Waals surface area contributed by atoms with Crippen molar-refractivity contribution < 1.29 is 8.62 Å². The van der Waals surface area contributed by atoms with Crippen LogP contribution in [0.3, 0.4) is 0 Å². The van der Waals surface area contributed by atoms with E-state index in [0.29, 0.717) is 5.69 Å². The van der Waals surface area contributed by atoms with Crippen molar-refractivity contribution in [2.24, 2.45) is 7.05 Å². The summed E-state index contributed by atoms with van der Waals surface area (Å²) in [5, 5.41) is 1.08. The van der Waals surface area contributed by atoms with Crippen molar-refractivity contribution >= 4 is 33.1 Å². The van der Waals surface area contributed by atoms with E-state index < -0.39 is 0 Å². The highest BCUT2D eigenvalue weighted by molar-refractivity contribution is 9.06. The fraction of sp³-hybridized carbons (Fsp3) is 0.182. The normalized spacial score (nSPS) is 10.6. The molecular formula is C11H10BrNO2. The van der Waals surface area contributed by atoms with Crippen LogP contribution in [0.25, 0.3) is 10.9 Å². The topological polar surface area (TPSA) is 31.2 Å². The second kappa shape index (κ2) is 3.70. The lowest BCUT2D eigenvalue weighted by Gasteiger charge is -2.00. The van der Waals surface area contributed by atoms with Gasteiger partial charge in [-0.15, -0.1) is 0 Å². The number of halogens is 1. The molecule has 0 aliphatic rings. The number of rotatable bonds is 1. The van der Waals surface area contributed by atoms with Crippen molar-refractivity contribution in [1.29, 1.82) is 0 Å². The standard InChI is InChI=1S/C11H10BrNO2/c1-7-8-5-3-4-6-9(8)13(2)10(7)11(14)15-12/h3-6H,1-2H3. The van der Waals surface area contributed by atoms with E-state index in [0.717, 1.165) is 16.5 Å². The van der Waals surface area contributed by atoms with Gasteiger partial charge in [0.05, 0.1) is 0 Å². The van der Waals surface area contributed by atoms with Crippen LogP contribution in [0.15, 0.2) is 24.3 Å². The second-order valence-corrected chi connectivity index (χ2v) is 3.74. The lowest BCUT2D eigenvalue weighted by molar-refractivity contribution is 0.0772. The third kappa shape index (κ3) is 1.45. The minimum Gasteiger partial charge on any atom is -0.379 e. The fourth-order valence-electron chi connectivity index (χ4n) is 1.91. The van der Waals surface area contributed by atoms with Gasteiger partial charge in [-0.3, -0.25) is 0 Å². The maximum Gasteiger partial charge on any atom is 0.366 e. The lowest BCUT2D eigenvalue weighted by Crippen LogP contribution is -2.06. The molecule has 1 aromatic carbocycles. The molecule has 78 valence electrons. The highest BCUT2D eigenvalue weighted by atomic mass is 79.9. The van der Waals surface area contributed by atoms with Crippen molar-refractivity contribution in [2.45, 2.75) is 6.92 Å². The Morgan fingerprint density at radius 3 is 2.67 bits per heavy atom. The van der Waals surface area contributed by atoms with Crippen LogP contribution in [0.5, 0.6) is 0 Å². The van der Waals surface area contributed by atoms with Gasteiger partial charge in [0, 0.05) is 18.0 Å². The van der Waals surface area contributed by atoms with Gasteiger partial charge in [0.15, 0.2) is 16.3 Å². The van der Waals surface area contributed by atoms with E-state index in [2.05, 4.69) is 20.1 Å². The Kier molecular flexibility index (Phi) is 2.52. The Morgan fingerprint density at radius 2 is 2.07 bits per heavy atom. The number of nitrogens with zero attached hydrogens (tertiary/aromatic N) is 1. The Labute approximate surface area is 96.1 Å². The van der Waals surface area contributed by atoms with Crippen LogP contribution in [-0.4, -0.2) is 10.5 Å². The average Bonchev–Trinajstić information content (AvgIpc) is 2.52. The first-order valence-corrected chi connectivity index (χ1v) is 5.18. The van der Waals surface area contributed by atoms with Gasteiger partial charge in [-0.1, -0.05) is 18.2 Å². The van der Waals surface area contributed by atoms with E-state index in [1.54, 1.807) is 0 Å². The number of hydrogen-bond donors (Lipinski definition) is 0. The van der Waals surface area contributed by atoms with Gasteiger partial charge in [0.25, 0.3) is 0 Å². The number of benzene rings is 1. The first-order valence-electron chi connectivity index (χ1n) is 4.53. The lowest BCUT2D eigenvalue weighted by atomic mass is 10.1. The van der Waals surface area contributed by atoms with Gasteiger partial charge in [0.1, 0.15) is 5.69 Å². The molecule has 0 amide bonds. The van der Waals surface area contributed by atoms with Gasteiger partial charge >= 0.3 is 5.97 Å². The predicted octanol–water partition coefficient (Wildman–Crippen LogP) is 2.95. The van der Waals surface area contributed by atoms with Crippen LogP contribution < -0.4 is 0 Å². The molecule has 0 spiro atoms. The highest BCUT2D eigenvalue weighted by Gasteiger charge is 2.18. The largest absolute Gasteiger partial charge is 0.379 e. The van der Waals surface area contributed by atoms with Crippen molar-refractivity contribution in [2.75, 3.05) is 0 Å². The predicted molar refractivity (Wildman–Crippen MR) is 62.0 cm³/mol. The molecule has 1 aromatic heterocycles. The molecule has 0 unspecified atom stereocenters. The number of hydrogen-bond acceptors (Lipinski definition) is 2. The van der Waals surface area contributed by atoms with Crippen LogP contribution in [0.2, 0.25) is 0 Å². The molecule has 4 heteroatoms. The van der Waals surface area contributed by atoms with E-state index in [4.69, 9.17) is 0 Å². The summed E-state index contributed by atoms with van der Waals surface area (Å²) in [7, 11) is 1.86. The van der Waals surface area contributed by atoms with Crippen molar-refractivity contribution in [3.8, 4) is 0 Å². The van der Waals surface area contributed by atoms with Gasteiger partial charge in [-0.2, -0.15) is 0 Å². The molecule has 0 saturated carbocycles. The van der Waals surface area contributed by atoms with Crippen LogP contribution in [0.1, 0.15) is 16.1 Å². The maximum atomic E-state index is 11.5. The summed E-state index contributed by atoms with van der Waals surface area (Å²) in [5.41, 5.74) is 2.55. The van der Waals surface area contributed by atoms with Gasteiger partial charge < -0.3 is 8.40 Å². The summed E-state index contributed by atoms with van der Waals surface area (Å²) in [6.45, 7) is 1.92. The van der Waals surface area contributed by atoms with E-state index in [1.165, 1.54) is 0 Å². The Morgan fingerprint density at radius 1 is 1.40 bits per heavy atom. The Balaban J connectivity index is 2.81. The molecule has 0 aliphatic carbocycles. The number of fused-ring (bicyclic) bond motifs is 1.